The molecule has 0 spiro atoms. The molecule has 0 unspecified atom stereocenters. The zero-order valence-corrected chi connectivity index (χ0v) is 18.8. The van der Waals surface area contributed by atoms with Gasteiger partial charge in [-0.1, -0.05) is 67.3 Å². The van der Waals surface area contributed by atoms with Crippen LogP contribution >= 0.6 is 23.3 Å². The molecule has 0 radical (unpaired) electrons. The fraction of sp³-hybridized carbons (Fsp3) is 0.0370. The van der Waals surface area contributed by atoms with E-state index in [9.17, 15) is 0 Å². The summed E-state index contributed by atoms with van der Waals surface area (Å²) >= 11 is 6.44. The number of benzene rings is 4. The Bertz CT molecular complexity index is 1640. The van der Waals surface area contributed by atoms with Gasteiger partial charge >= 0.3 is 0 Å². The molecule has 31 heavy (non-hydrogen) atoms. The lowest BCUT2D eigenvalue weighted by atomic mass is 9.93. The van der Waals surface area contributed by atoms with Gasteiger partial charge in [0.05, 0.1) is 10.9 Å². The molecule has 0 fully saturated rings. The van der Waals surface area contributed by atoms with E-state index in [-0.39, 0.29) is 0 Å². The lowest BCUT2D eigenvalue weighted by Crippen LogP contribution is -1.87. The second-order valence-electron chi connectivity index (χ2n) is 7.42. The Morgan fingerprint density at radius 1 is 0.742 bits per heavy atom. The molecule has 4 aromatic carbocycles. The number of para-hydroxylation sites is 1. The van der Waals surface area contributed by atoms with Gasteiger partial charge in [0.1, 0.15) is 11.2 Å². The number of hydrogen-bond donors (Lipinski definition) is 3. The standard InChI is InChI=1S/C27H19NO.H2S2/c1-3-9-18-16(4-2)17-10-5-6-11-19(17)26-24(18)21-14-15-23-25(27(21)29-26)20-12-7-8-13-22(20)28-23;1-2/h3-15,28H,2H2,1H3;1-2H/b9-3-;. The van der Waals surface area contributed by atoms with E-state index in [4.69, 9.17) is 4.42 Å². The van der Waals surface area contributed by atoms with Crippen molar-refractivity contribution >= 4 is 90.0 Å². The first kappa shape index (κ1) is 19.9. The molecule has 2 nitrogen and oxygen atoms in total. The van der Waals surface area contributed by atoms with Crippen LogP contribution in [0.4, 0.5) is 0 Å². The number of H-pyrrole nitrogens is 1. The SMILES string of the molecule is C=Cc1c(/C=C\C)c2c3ccc4[nH]c5ccccc5c4c3oc2c2ccccc12.SS. The highest BCUT2D eigenvalue weighted by Gasteiger charge is 2.20. The van der Waals surface area contributed by atoms with Crippen LogP contribution in [0, 0.1) is 0 Å². The summed E-state index contributed by atoms with van der Waals surface area (Å²) in [4.78, 5) is 3.52. The second-order valence-corrected chi connectivity index (χ2v) is 7.42. The van der Waals surface area contributed by atoms with Crippen LogP contribution < -0.4 is 0 Å². The van der Waals surface area contributed by atoms with Crippen LogP contribution in [0.1, 0.15) is 18.1 Å². The zero-order chi connectivity index (χ0) is 21.5. The van der Waals surface area contributed by atoms with Crippen LogP contribution in [0.15, 0.2) is 77.7 Å². The predicted molar refractivity (Wildman–Crippen MR) is 143 cm³/mol. The molecule has 0 saturated heterocycles. The third-order valence-electron chi connectivity index (χ3n) is 5.88. The minimum absolute atomic E-state index is 0.937. The molecule has 0 amide bonds. The molecule has 4 heteroatoms. The molecule has 152 valence electrons. The van der Waals surface area contributed by atoms with Crippen LogP contribution in [0.25, 0.3) is 66.7 Å². The average molecular weight is 440 g/mol. The quantitative estimate of drug-likeness (QED) is 0.183. The van der Waals surface area contributed by atoms with Crippen molar-refractivity contribution in [3.8, 4) is 0 Å². The van der Waals surface area contributed by atoms with E-state index >= 15 is 0 Å². The first-order valence-corrected chi connectivity index (χ1v) is 11.7. The normalized spacial score (nSPS) is 11.7. The summed E-state index contributed by atoms with van der Waals surface area (Å²) in [6.45, 7) is 6.16. The Labute approximate surface area is 190 Å². The monoisotopic (exact) mass is 439 g/mol. The van der Waals surface area contributed by atoms with Crippen LogP contribution in [-0.4, -0.2) is 4.98 Å². The van der Waals surface area contributed by atoms with Gasteiger partial charge < -0.3 is 9.40 Å². The van der Waals surface area contributed by atoms with Crippen molar-refractivity contribution in [3.05, 3.63) is 84.4 Å². The number of fused-ring (bicyclic) bond motifs is 9. The number of aromatic amines is 1. The third-order valence-corrected chi connectivity index (χ3v) is 5.88. The molecule has 0 atom stereocenters. The van der Waals surface area contributed by atoms with E-state index in [2.05, 4.69) is 108 Å². The summed E-state index contributed by atoms with van der Waals surface area (Å²) in [6, 6.07) is 21.2. The summed E-state index contributed by atoms with van der Waals surface area (Å²) in [5.41, 5.74) is 6.40. The number of thiol groups is 2. The van der Waals surface area contributed by atoms with Crippen molar-refractivity contribution in [3.63, 3.8) is 0 Å². The molecule has 1 N–H and O–H groups in total. The number of aromatic nitrogens is 1. The van der Waals surface area contributed by atoms with E-state index in [1.54, 1.807) is 0 Å². The maximum atomic E-state index is 6.64. The van der Waals surface area contributed by atoms with Crippen molar-refractivity contribution in [2.45, 2.75) is 6.92 Å². The van der Waals surface area contributed by atoms with Gasteiger partial charge in [0.15, 0.2) is 0 Å². The minimum atomic E-state index is 0.937. The zero-order valence-electron chi connectivity index (χ0n) is 17.0. The summed E-state index contributed by atoms with van der Waals surface area (Å²) < 4.78 is 6.64. The Morgan fingerprint density at radius 2 is 1.42 bits per heavy atom. The Balaban J connectivity index is 0.000000994. The average Bonchev–Trinajstić information content (AvgIpc) is 3.39. The highest BCUT2D eigenvalue weighted by atomic mass is 33.1. The van der Waals surface area contributed by atoms with Crippen LogP contribution in [-0.2, 0) is 0 Å². The Morgan fingerprint density at radius 3 is 2.16 bits per heavy atom. The molecular formula is C27H21NOS2. The van der Waals surface area contributed by atoms with Gasteiger partial charge in [0, 0.05) is 27.1 Å². The first-order valence-electron chi connectivity index (χ1n) is 10.1. The molecule has 2 heterocycles. The van der Waals surface area contributed by atoms with Crippen LogP contribution in [0.2, 0.25) is 0 Å². The maximum Gasteiger partial charge on any atom is 0.145 e. The van der Waals surface area contributed by atoms with Crippen molar-refractivity contribution in [1.29, 1.82) is 0 Å². The van der Waals surface area contributed by atoms with Crippen LogP contribution in [0.3, 0.4) is 0 Å². The fourth-order valence-electron chi connectivity index (χ4n) is 4.70. The van der Waals surface area contributed by atoms with E-state index in [1.165, 1.54) is 5.39 Å². The minimum Gasteiger partial charge on any atom is -0.455 e. The molecule has 6 aromatic rings. The Kier molecular flexibility index (Phi) is 5.05. The highest BCUT2D eigenvalue weighted by Crippen LogP contribution is 2.43. The fourth-order valence-corrected chi connectivity index (χ4v) is 4.70. The summed E-state index contributed by atoms with van der Waals surface area (Å²) in [7, 11) is 0. The van der Waals surface area contributed by atoms with Gasteiger partial charge in [0.25, 0.3) is 0 Å². The number of allylic oxidation sites excluding steroid dienone is 1. The first-order chi connectivity index (χ1) is 15.3. The number of nitrogens with one attached hydrogen (secondary N) is 1. The smallest absolute Gasteiger partial charge is 0.145 e. The van der Waals surface area contributed by atoms with E-state index in [0.717, 1.165) is 60.3 Å². The lowest BCUT2D eigenvalue weighted by Gasteiger charge is -2.09. The van der Waals surface area contributed by atoms with Crippen molar-refractivity contribution < 1.29 is 4.42 Å². The topological polar surface area (TPSA) is 28.9 Å². The molecule has 0 saturated carbocycles. The van der Waals surface area contributed by atoms with Gasteiger partial charge in [-0.25, -0.2) is 0 Å². The van der Waals surface area contributed by atoms with Gasteiger partial charge in [0.2, 0.25) is 0 Å². The molecule has 0 aliphatic rings. The third kappa shape index (κ3) is 2.83. The van der Waals surface area contributed by atoms with Gasteiger partial charge in [-0.15, -0.1) is 23.3 Å². The van der Waals surface area contributed by atoms with Crippen molar-refractivity contribution in [1.82, 2.24) is 4.98 Å². The molecule has 6 rings (SSSR count). The summed E-state index contributed by atoms with van der Waals surface area (Å²) in [6.07, 6.45) is 6.21. The van der Waals surface area contributed by atoms with Gasteiger partial charge in [-0.3, -0.25) is 0 Å². The second kappa shape index (κ2) is 7.88. The van der Waals surface area contributed by atoms with E-state index in [0.29, 0.717) is 0 Å². The van der Waals surface area contributed by atoms with Crippen molar-refractivity contribution in [2.75, 3.05) is 0 Å². The number of hydrogen-bond acceptors (Lipinski definition) is 3. The largest absolute Gasteiger partial charge is 0.455 e. The van der Waals surface area contributed by atoms with E-state index in [1.807, 2.05) is 13.0 Å². The number of rotatable bonds is 2. The van der Waals surface area contributed by atoms with Gasteiger partial charge in [-0.2, -0.15) is 0 Å². The molecule has 2 aromatic heterocycles. The predicted octanol–water partition coefficient (Wildman–Crippen LogP) is 8.81. The summed E-state index contributed by atoms with van der Waals surface area (Å²) in [5.74, 6) is 0. The van der Waals surface area contributed by atoms with Crippen LogP contribution in [0.5, 0.6) is 0 Å². The summed E-state index contributed by atoms with van der Waals surface area (Å²) in [5, 5.41) is 6.91. The highest BCUT2D eigenvalue weighted by molar-refractivity contribution is 8.59. The molecular weight excluding hydrogens is 418 g/mol. The van der Waals surface area contributed by atoms with Gasteiger partial charge in [-0.05, 0) is 41.6 Å². The van der Waals surface area contributed by atoms with Crippen molar-refractivity contribution in [2.24, 2.45) is 0 Å². The molecule has 0 aliphatic heterocycles. The number of furan rings is 1. The molecule has 0 bridgehead atoms. The molecule has 0 aliphatic carbocycles. The lowest BCUT2D eigenvalue weighted by molar-refractivity contribution is 0.676. The maximum absolute atomic E-state index is 6.64. The van der Waals surface area contributed by atoms with E-state index < -0.39 is 0 Å². The Hall–Kier alpha value is -3.08.